The molecule has 1 rings (SSSR count). The van der Waals surface area contributed by atoms with Gasteiger partial charge in [-0.15, -0.1) is 0 Å². The Hall–Kier alpha value is -1.47. The molecule has 0 aromatic rings. The lowest BCUT2D eigenvalue weighted by Crippen LogP contribution is -2.49. The third-order valence-electron chi connectivity index (χ3n) is 4.01. The van der Waals surface area contributed by atoms with Crippen LogP contribution in [0.5, 0.6) is 0 Å². The summed E-state index contributed by atoms with van der Waals surface area (Å²) >= 11 is 0. The summed E-state index contributed by atoms with van der Waals surface area (Å²) in [5.74, 6) is -1.82. The number of rotatable bonds is 2. The fraction of sp³-hybridized carbons (Fsp3) is 0.867. The largest absolute Gasteiger partial charge is 0.471 e. The molecule has 0 radical (unpaired) electrons. The molecule has 0 aliphatic heterocycles. The maximum Gasteiger partial charge on any atom is 0.471 e. The first-order valence-electron chi connectivity index (χ1n) is 7.62. The van der Waals surface area contributed by atoms with Crippen LogP contribution in [0.4, 0.5) is 18.0 Å². The molecule has 0 spiro atoms. The van der Waals surface area contributed by atoms with Gasteiger partial charge in [-0.05, 0) is 46.5 Å². The Bertz CT molecular complexity index is 438. The van der Waals surface area contributed by atoms with Gasteiger partial charge in [0.25, 0.3) is 0 Å². The van der Waals surface area contributed by atoms with Gasteiger partial charge in [0.05, 0.1) is 0 Å². The summed E-state index contributed by atoms with van der Waals surface area (Å²) in [6.07, 6.45) is -3.36. The fourth-order valence-electron chi connectivity index (χ4n) is 2.68. The molecular weight excluding hydrogens is 313 g/mol. The number of ether oxygens (including phenoxy) is 1. The zero-order valence-corrected chi connectivity index (χ0v) is 14.2. The number of alkyl halides is 3. The molecule has 1 fully saturated rings. The van der Waals surface area contributed by atoms with Crippen LogP contribution >= 0.6 is 0 Å². The number of nitrogens with zero attached hydrogens (tertiary/aromatic N) is 2. The topological polar surface area (TPSA) is 49.9 Å². The predicted octanol–water partition coefficient (Wildman–Crippen LogP) is 3.19. The molecule has 8 heteroatoms. The van der Waals surface area contributed by atoms with Gasteiger partial charge < -0.3 is 14.5 Å². The first kappa shape index (κ1) is 19.6. The van der Waals surface area contributed by atoms with Gasteiger partial charge in [-0.3, -0.25) is 4.79 Å². The third kappa shape index (κ3) is 5.58. The standard InChI is InChI=1S/C15H25F3N2O3/c1-14(2,3)23-13(22)20(5)11-8-6-10(7-9-11)19(4)12(21)15(16,17)18/h10-11H,6-9H2,1-5H3/t10-,11+. The zero-order valence-electron chi connectivity index (χ0n) is 14.2. The SMILES string of the molecule is CN(C(=O)OC(C)(C)C)[C@H]1CC[C@@H](N(C)C(=O)C(F)(F)F)CC1. The second-order valence-corrected chi connectivity index (χ2v) is 6.97. The first-order valence-corrected chi connectivity index (χ1v) is 7.62. The monoisotopic (exact) mass is 338 g/mol. The molecule has 1 aliphatic rings. The molecule has 0 unspecified atom stereocenters. The summed E-state index contributed by atoms with van der Waals surface area (Å²) in [4.78, 5) is 25.5. The lowest BCUT2D eigenvalue weighted by Gasteiger charge is -2.38. The van der Waals surface area contributed by atoms with Gasteiger partial charge in [0.15, 0.2) is 0 Å². The van der Waals surface area contributed by atoms with Gasteiger partial charge in [-0.2, -0.15) is 13.2 Å². The van der Waals surface area contributed by atoms with E-state index in [2.05, 4.69) is 0 Å². The minimum absolute atomic E-state index is 0.0875. The van der Waals surface area contributed by atoms with Crippen LogP contribution in [0.2, 0.25) is 0 Å². The number of carbonyl (C=O) groups excluding carboxylic acids is 2. The third-order valence-corrected chi connectivity index (χ3v) is 4.01. The van der Waals surface area contributed by atoms with Crippen LogP contribution in [0.1, 0.15) is 46.5 Å². The average molecular weight is 338 g/mol. The Morgan fingerprint density at radius 3 is 1.65 bits per heavy atom. The van der Waals surface area contributed by atoms with Crippen LogP contribution in [-0.2, 0) is 9.53 Å². The van der Waals surface area contributed by atoms with E-state index in [1.807, 2.05) is 0 Å². The minimum Gasteiger partial charge on any atom is -0.444 e. The fourth-order valence-corrected chi connectivity index (χ4v) is 2.68. The van der Waals surface area contributed by atoms with Crippen molar-refractivity contribution in [3.63, 3.8) is 0 Å². The summed E-state index contributed by atoms with van der Waals surface area (Å²) in [5.41, 5.74) is -0.595. The number of carbonyl (C=O) groups is 2. The highest BCUT2D eigenvalue weighted by Crippen LogP contribution is 2.28. The highest BCUT2D eigenvalue weighted by atomic mass is 19.4. The highest BCUT2D eigenvalue weighted by Gasteiger charge is 2.44. The maximum atomic E-state index is 12.5. The van der Waals surface area contributed by atoms with Crippen LogP contribution in [0, 0.1) is 0 Å². The maximum absolute atomic E-state index is 12.5. The Morgan fingerprint density at radius 1 is 0.913 bits per heavy atom. The molecule has 0 atom stereocenters. The van der Waals surface area contributed by atoms with Gasteiger partial charge in [-0.25, -0.2) is 4.79 Å². The zero-order chi connectivity index (χ0) is 18.0. The molecule has 2 amide bonds. The molecule has 0 heterocycles. The van der Waals surface area contributed by atoms with Crippen molar-refractivity contribution in [3.05, 3.63) is 0 Å². The molecule has 0 N–H and O–H groups in total. The summed E-state index contributed by atoms with van der Waals surface area (Å²) in [6.45, 7) is 5.31. The van der Waals surface area contributed by atoms with Crippen LogP contribution in [0.25, 0.3) is 0 Å². The van der Waals surface area contributed by atoms with Gasteiger partial charge >= 0.3 is 18.2 Å². The predicted molar refractivity (Wildman–Crippen MR) is 78.9 cm³/mol. The molecule has 0 bridgehead atoms. The van der Waals surface area contributed by atoms with E-state index in [1.54, 1.807) is 27.8 Å². The Labute approximate surface area is 134 Å². The summed E-state index contributed by atoms with van der Waals surface area (Å²) < 4.78 is 42.7. The van der Waals surface area contributed by atoms with Gasteiger partial charge in [0.2, 0.25) is 0 Å². The lowest BCUT2D eigenvalue weighted by atomic mass is 9.89. The quantitative estimate of drug-likeness (QED) is 0.777. The van der Waals surface area contributed by atoms with Crippen molar-refractivity contribution in [3.8, 4) is 0 Å². The van der Waals surface area contributed by atoms with E-state index in [9.17, 15) is 22.8 Å². The van der Waals surface area contributed by atoms with Crippen LogP contribution in [-0.4, -0.2) is 59.8 Å². The van der Waals surface area contributed by atoms with Crippen LogP contribution < -0.4 is 0 Å². The molecule has 23 heavy (non-hydrogen) atoms. The van der Waals surface area contributed by atoms with E-state index >= 15 is 0 Å². The van der Waals surface area contributed by atoms with Crippen molar-refractivity contribution in [2.75, 3.05) is 14.1 Å². The van der Waals surface area contributed by atoms with E-state index in [4.69, 9.17) is 4.74 Å². The smallest absolute Gasteiger partial charge is 0.444 e. The number of hydrogen-bond donors (Lipinski definition) is 0. The summed E-state index contributed by atoms with van der Waals surface area (Å²) in [6, 6.07) is -0.539. The van der Waals surface area contributed by atoms with Gasteiger partial charge in [-0.1, -0.05) is 0 Å². The van der Waals surface area contributed by atoms with E-state index in [-0.39, 0.29) is 6.04 Å². The molecule has 5 nitrogen and oxygen atoms in total. The Balaban J connectivity index is 2.55. The second-order valence-electron chi connectivity index (χ2n) is 6.97. The van der Waals surface area contributed by atoms with E-state index in [0.717, 1.165) is 4.90 Å². The normalized spacial score (nSPS) is 22.4. The van der Waals surface area contributed by atoms with Crippen molar-refractivity contribution in [2.45, 2.75) is 70.3 Å². The van der Waals surface area contributed by atoms with Crippen molar-refractivity contribution >= 4 is 12.0 Å². The Kier molecular flexibility index (Phi) is 5.93. The second kappa shape index (κ2) is 6.97. The van der Waals surface area contributed by atoms with Crippen molar-refractivity contribution in [1.82, 2.24) is 9.80 Å². The van der Waals surface area contributed by atoms with Crippen molar-refractivity contribution in [1.29, 1.82) is 0 Å². The molecule has 0 saturated heterocycles. The Morgan fingerprint density at radius 2 is 1.30 bits per heavy atom. The summed E-state index contributed by atoms with van der Waals surface area (Å²) in [5, 5.41) is 0. The van der Waals surface area contributed by atoms with E-state index in [1.165, 1.54) is 11.9 Å². The van der Waals surface area contributed by atoms with E-state index in [0.29, 0.717) is 25.7 Å². The van der Waals surface area contributed by atoms with Gasteiger partial charge in [0, 0.05) is 26.2 Å². The number of amides is 2. The first-order chi connectivity index (χ1) is 10.3. The molecule has 1 aliphatic carbocycles. The number of hydrogen-bond acceptors (Lipinski definition) is 3. The van der Waals surface area contributed by atoms with Gasteiger partial charge in [0.1, 0.15) is 5.60 Å². The summed E-state index contributed by atoms with van der Waals surface area (Å²) in [7, 11) is 2.81. The average Bonchev–Trinajstić information content (AvgIpc) is 2.42. The van der Waals surface area contributed by atoms with Crippen LogP contribution in [0.15, 0.2) is 0 Å². The lowest BCUT2D eigenvalue weighted by molar-refractivity contribution is -0.186. The molecule has 0 aromatic heterocycles. The molecule has 0 aromatic carbocycles. The number of halogens is 3. The minimum atomic E-state index is -4.85. The van der Waals surface area contributed by atoms with Crippen LogP contribution in [0.3, 0.4) is 0 Å². The highest BCUT2D eigenvalue weighted by molar-refractivity contribution is 5.81. The van der Waals surface area contributed by atoms with Crippen molar-refractivity contribution < 1.29 is 27.5 Å². The van der Waals surface area contributed by atoms with Crippen molar-refractivity contribution in [2.24, 2.45) is 0 Å². The van der Waals surface area contributed by atoms with E-state index < -0.39 is 29.8 Å². The molecule has 1 saturated carbocycles. The molecular formula is C15H25F3N2O3. The molecule has 134 valence electrons.